The first-order chi connectivity index (χ1) is 15.4. The summed E-state index contributed by atoms with van der Waals surface area (Å²) in [5.41, 5.74) is 2.97. The largest absolute Gasteiger partial charge is 0.457 e. The van der Waals surface area contributed by atoms with Gasteiger partial charge in [0.15, 0.2) is 0 Å². The number of benzene rings is 3. The number of rotatable bonds is 8. The van der Waals surface area contributed by atoms with Crippen LogP contribution in [0.1, 0.15) is 18.4 Å². The second-order valence-corrected chi connectivity index (χ2v) is 9.95. The zero-order valence-electron chi connectivity index (χ0n) is 18.2. The molecule has 1 heterocycles. The fourth-order valence-corrected chi connectivity index (χ4v) is 4.43. The molecule has 0 aliphatic carbocycles. The van der Waals surface area contributed by atoms with Crippen molar-refractivity contribution in [2.24, 2.45) is 0 Å². The van der Waals surface area contributed by atoms with Gasteiger partial charge in [-0.15, -0.1) is 0 Å². The van der Waals surface area contributed by atoms with Crippen molar-refractivity contribution < 1.29 is 13.2 Å². The summed E-state index contributed by atoms with van der Waals surface area (Å²) in [7, 11) is -3.28. The Bertz CT molecular complexity index is 1090. The lowest BCUT2D eigenvalue weighted by Crippen LogP contribution is -2.38. The van der Waals surface area contributed by atoms with Gasteiger partial charge in [0.25, 0.3) is 0 Å². The molecule has 4 rings (SSSR count). The fraction of sp³-hybridized carbons (Fsp3) is 0.280. The van der Waals surface area contributed by atoms with Crippen molar-refractivity contribution in [3.63, 3.8) is 0 Å². The van der Waals surface area contributed by atoms with E-state index in [1.165, 1.54) is 11.3 Å². The van der Waals surface area contributed by atoms with Crippen molar-refractivity contribution in [3.8, 4) is 11.5 Å². The van der Waals surface area contributed by atoms with Crippen LogP contribution < -0.4 is 14.8 Å². The van der Waals surface area contributed by atoms with Crippen LogP contribution in [-0.2, 0) is 16.6 Å². The molecule has 1 saturated heterocycles. The minimum absolute atomic E-state index is 0.512. The molecule has 0 spiro atoms. The molecular weight excluding hydrogens is 422 g/mol. The number of nitrogens with one attached hydrogen (secondary N) is 2. The fourth-order valence-electron chi connectivity index (χ4n) is 3.87. The van der Waals surface area contributed by atoms with E-state index in [1.54, 1.807) is 24.3 Å². The van der Waals surface area contributed by atoms with Gasteiger partial charge in [-0.25, -0.2) is 8.42 Å². The Morgan fingerprint density at radius 1 is 0.844 bits per heavy atom. The predicted octanol–water partition coefficient (Wildman–Crippen LogP) is 4.93. The highest BCUT2D eigenvalue weighted by atomic mass is 32.2. The van der Waals surface area contributed by atoms with Crippen molar-refractivity contribution in [3.05, 3.63) is 84.4 Å². The third kappa shape index (κ3) is 6.73. The molecule has 0 unspecified atom stereocenters. The molecule has 7 heteroatoms. The summed E-state index contributed by atoms with van der Waals surface area (Å²) in [6.07, 6.45) is 3.41. The molecule has 1 aliphatic heterocycles. The van der Waals surface area contributed by atoms with E-state index in [9.17, 15) is 8.42 Å². The highest BCUT2D eigenvalue weighted by Gasteiger charge is 2.19. The third-order valence-electron chi connectivity index (χ3n) is 5.45. The van der Waals surface area contributed by atoms with Gasteiger partial charge < -0.3 is 10.1 Å². The van der Waals surface area contributed by atoms with Crippen LogP contribution in [0.15, 0.2) is 78.9 Å². The Morgan fingerprint density at radius 3 is 2.03 bits per heavy atom. The first-order valence-corrected chi connectivity index (χ1v) is 12.7. The maximum absolute atomic E-state index is 11.3. The lowest BCUT2D eigenvalue weighted by Gasteiger charge is -2.33. The lowest BCUT2D eigenvalue weighted by molar-refractivity contribution is 0.211. The van der Waals surface area contributed by atoms with E-state index >= 15 is 0 Å². The summed E-state index contributed by atoms with van der Waals surface area (Å²) >= 11 is 0. The third-order valence-corrected chi connectivity index (χ3v) is 6.06. The van der Waals surface area contributed by atoms with Crippen molar-refractivity contribution >= 4 is 21.4 Å². The molecule has 0 atom stereocenters. The second-order valence-electron chi connectivity index (χ2n) is 8.21. The minimum atomic E-state index is -3.28. The van der Waals surface area contributed by atoms with Gasteiger partial charge in [0.05, 0.1) is 6.26 Å². The van der Waals surface area contributed by atoms with E-state index < -0.39 is 10.0 Å². The van der Waals surface area contributed by atoms with Crippen molar-refractivity contribution in [2.75, 3.05) is 29.4 Å². The highest BCUT2D eigenvalue weighted by molar-refractivity contribution is 7.92. The Labute approximate surface area is 190 Å². The lowest BCUT2D eigenvalue weighted by atomic mass is 10.0. The zero-order valence-corrected chi connectivity index (χ0v) is 19.0. The number of nitrogens with zero attached hydrogens (tertiary/aromatic N) is 1. The predicted molar refractivity (Wildman–Crippen MR) is 130 cm³/mol. The first-order valence-electron chi connectivity index (χ1n) is 10.8. The number of hydrogen-bond acceptors (Lipinski definition) is 5. The van der Waals surface area contributed by atoms with Crippen LogP contribution in [0.4, 0.5) is 11.4 Å². The van der Waals surface area contributed by atoms with Crippen LogP contribution >= 0.6 is 0 Å². The summed E-state index contributed by atoms with van der Waals surface area (Å²) in [6, 6.07) is 25.9. The molecule has 6 nitrogen and oxygen atoms in total. The van der Waals surface area contributed by atoms with Gasteiger partial charge in [-0.1, -0.05) is 30.3 Å². The van der Waals surface area contributed by atoms with Gasteiger partial charge in [-0.2, -0.15) is 0 Å². The van der Waals surface area contributed by atoms with E-state index in [-0.39, 0.29) is 0 Å². The molecule has 0 radical (unpaired) electrons. The molecule has 1 aliphatic rings. The maximum atomic E-state index is 11.3. The van der Waals surface area contributed by atoms with Crippen LogP contribution in [-0.4, -0.2) is 38.7 Å². The zero-order chi connectivity index (χ0) is 22.4. The summed E-state index contributed by atoms with van der Waals surface area (Å²) in [4.78, 5) is 2.49. The molecule has 0 bridgehead atoms. The molecular formula is C25H29N3O3S. The molecule has 168 valence electrons. The van der Waals surface area contributed by atoms with E-state index in [0.717, 1.165) is 44.5 Å². The van der Waals surface area contributed by atoms with Crippen molar-refractivity contribution in [2.45, 2.75) is 25.4 Å². The molecule has 32 heavy (non-hydrogen) atoms. The average molecular weight is 452 g/mol. The highest BCUT2D eigenvalue weighted by Crippen LogP contribution is 2.24. The van der Waals surface area contributed by atoms with Gasteiger partial charge in [-0.3, -0.25) is 9.62 Å². The molecule has 3 aromatic carbocycles. The van der Waals surface area contributed by atoms with E-state index in [2.05, 4.69) is 51.3 Å². The standard InChI is InChI=1S/C25H29N3O3S/c1-32(29,30)27-23-9-13-25(14-10-23)31-24-11-7-20(8-12-24)19-28-17-15-22(16-18-28)26-21-5-3-2-4-6-21/h2-14,22,26-27H,15-19H2,1H3. The van der Waals surface area contributed by atoms with Crippen molar-refractivity contribution in [1.82, 2.24) is 4.90 Å². The molecule has 2 N–H and O–H groups in total. The topological polar surface area (TPSA) is 70.7 Å². The first kappa shape index (κ1) is 22.2. The summed E-state index contributed by atoms with van der Waals surface area (Å²) in [5.74, 6) is 1.41. The monoisotopic (exact) mass is 451 g/mol. The average Bonchev–Trinajstić information content (AvgIpc) is 2.78. The van der Waals surface area contributed by atoms with E-state index in [0.29, 0.717) is 17.5 Å². The normalized spacial score (nSPS) is 15.3. The summed E-state index contributed by atoms with van der Waals surface area (Å²) in [6.45, 7) is 3.09. The number of piperidine rings is 1. The minimum Gasteiger partial charge on any atom is -0.457 e. The summed E-state index contributed by atoms with van der Waals surface area (Å²) < 4.78 is 30.9. The van der Waals surface area contributed by atoms with Crippen LogP contribution in [0.5, 0.6) is 11.5 Å². The SMILES string of the molecule is CS(=O)(=O)Nc1ccc(Oc2ccc(CN3CCC(Nc4ccccc4)CC3)cc2)cc1. The summed E-state index contributed by atoms with van der Waals surface area (Å²) in [5, 5.41) is 3.63. The van der Waals surface area contributed by atoms with Gasteiger partial charge in [-0.05, 0) is 66.9 Å². The smallest absolute Gasteiger partial charge is 0.229 e. The van der Waals surface area contributed by atoms with E-state index in [1.807, 2.05) is 18.2 Å². The van der Waals surface area contributed by atoms with Crippen LogP contribution in [0.3, 0.4) is 0 Å². The number of para-hydroxylation sites is 1. The number of likely N-dealkylation sites (tertiary alicyclic amines) is 1. The molecule has 0 saturated carbocycles. The van der Waals surface area contributed by atoms with Gasteiger partial charge in [0.2, 0.25) is 10.0 Å². The van der Waals surface area contributed by atoms with Crippen molar-refractivity contribution in [1.29, 1.82) is 0 Å². The van der Waals surface area contributed by atoms with Gasteiger partial charge in [0, 0.05) is 37.1 Å². The van der Waals surface area contributed by atoms with Gasteiger partial charge in [0.1, 0.15) is 11.5 Å². The molecule has 0 amide bonds. The molecule has 3 aromatic rings. The number of ether oxygens (including phenoxy) is 1. The molecule has 0 aromatic heterocycles. The van der Waals surface area contributed by atoms with Crippen LogP contribution in [0.25, 0.3) is 0 Å². The Hall–Kier alpha value is -3.03. The number of hydrogen-bond donors (Lipinski definition) is 2. The van der Waals surface area contributed by atoms with Crippen LogP contribution in [0, 0.1) is 0 Å². The molecule has 1 fully saturated rings. The van der Waals surface area contributed by atoms with Gasteiger partial charge >= 0.3 is 0 Å². The Morgan fingerprint density at radius 2 is 1.44 bits per heavy atom. The second kappa shape index (κ2) is 10.1. The Kier molecular flexibility index (Phi) is 6.97. The maximum Gasteiger partial charge on any atom is 0.229 e. The number of sulfonamides is 1. The van der Waals surface area contributed by atoms with Crippen LogP contribution in [0.2, 0.25) is 0 Å². The Balaban J connectivity index is 1.24. The number of anilines is 2. The quantitative estimate of drug-likeness (QED) is 0.508. The van der Waals surface area contributed by atoms with E-state index in [4.69, 9.17) is 4.74 Å².